The number of hydrogen-bond acceptors (Lipinski definition) is 4. The minimum atomic E-state index is -4.53. The molecule has 11 heteroatoms. The van der Waals surface area contributed by atoms with Crippen molar-refractivity contribution in [1.29, 1.82) is 0 Å². The SMILES string of the molecule is CCn1c(=O)c2c(nc(-c3ccc(-c4cc(C(F)(F)F)ccc4Cl)c(OC)c3)n2C)n(CC)c1=O. The third-order valence-corrected chi connectivity index (χ3v) is 6.25. The monoisotopic (exact) mass is 506 g/mol. The molecule has 2 heterocycles. The van der Waals surface area contributed by atoms with Gasteiger partial charge < -0.3 is 9.30 Å². The molecule has 184 valence electrons. The van der Waals surface area contributed by atoms with Crippen molar-refractivity contribution in [3.63, 3.8) is 0 Å². The van der Waals surface area contributed by atoms with Crippen LogP contribution in [0.1, 0.15) is 19.4 Å². The second-order valence-corrected chi connectivity index (χ2v) is 8.26. The molecule has 0 saturated carbocycles. The number of benzene rings is 2. The molecule has 4 rings (SSSR count). The average molecular weight is 507 g/mol. The first-order chi connectivity index (χ1) is 16.5. The van der Waals surface area contributed by atoms with E-state index in [1.807, 2.05) is 0 Å². The molecular formula is C24H22ClF3N4O3. The van der Waals surface area contributed by atoms with Crippen molar-refractivity contribution in [3.8, 4) is 28.3 Å². The van der Waals surface area contributed by atoms with Crippen LogP contribution in [0.3, 0.4) is 0 Å². The van der Waals surface area contributed by atoms with E-state index in [2.05, 4.69) is 4.98 Å². The molecule has 0 atom stereocenters. The van der Waals surface area contributed by atoms with Gasteiger partial charge in [-0.25, -0.2) is 9.78 Å². The number of imidazole rings is 1. The largest absolute Gasteiger partial charge is 0.496 e. The minimum absolute atomic E-state index is 0.138. The number of aryl methyl sites for hydroxylation is 2. The Labute approximate surface area is 203 Å². The number of ether oxygens (including phenoxy) is 1. The van der Waals surface area contributed by atoms with Gasteiger partial charge in [0, 0.05) is 41.9 Å². The van der Waals surface area contributed by atoms with Gasteiger partial charge in [-0.3, -0.25) is 13.9 Å². The molecule has 0 spiro atoms. The van der Waals surface area contributed by atoms with Crippen molar-refractivity contribution in [2.24, 2.45) is 7.05 Å². The molecule has 2 aromatic carbocycles. The van der Waals surface area contributed by atoms with Crippen LogP contribution >= 0.6 is 11.6 Å². The number of hydrogen-bond donors (Lipinski definition) is 0. The van der Waals surface area contributed by atoms with Crippen molar-refractivity contribution in [2.45, 2.75) is 33.1 Å². The second-order valence-electron chi connectivity index (χ2n) is 7.85. The number of nitrogens with zero attached hydrogens (tertiary/aromatic N) is 4. The van der Waals surface area contributed by atoms with E-state index >= 15 is 0 Å². The lowest BCUT2D eigenvalue weighted by Gasteiger charge is -2.14. The van der Waals surface area contributed by atoms with E-state index in [0.29, 0.717) is 23.5 Å². The van der Waals surface area contributed by atoms with Crippen molar-refractivity contribution < 1.29 is 17.9 Å². The van der Waals surface area contributed by atoms with Gasteiger partial charge in [-0.2, -0.15) is 13.2 Å². The van der Waals surface area contributed by atoms with Gasteiger partial charge in [0.25, 0.3) is 5.56 Å². The molecule has 0 saturated heterocycles. The average Bonchev–Trinajstić information content (AvgIpc) is 3.16. The minimum Gasteiger partial charge on any atom is -0.496 e. The second kappa shape index (κ2) is 8.92. The Kier molecular flexibility index (Phi) is 6.27. The van der Waals surface area contributed by atoms with Crippen LogP contribution in [0.4, 0.5) is 13.2 Å². The fourth-order valence-corrected chi connectivity index (χ4v) is 4.36. The number of halogens is 4. The highest BCUT2D eigenvalue weighted by Crippen LogP contribution is 2.40. The summed E-state index contributed by atoms with van der Waals surface area (Å²) in [5, 5.41) is 0.138. The van der Waals surface area contributed by atoms with Crippen LogP contribution in [0, 0.1) is 0 Å². The Morgan fingerprint density at radius 3 is 2.29 bits per heavy atom. The quantitative estimate of drug-likeness (QED) is 0.384. The molecule has 0 unspecified atom stereocenters. The van der Waals surface area contributed by atoms with E-state index < -0.39 is 23.0 Å². The summed E-state index contributed by atoms with van der Waals surface area (Å²) in [7, 11) is 3.06. The van der Waals surface area contributed by atoms with Crippen molar-refractivity contribution >= 4 is 22.8 Å². The van der Waals surface area contributed by atoms with E-state index in [1.54, 1.807) is 43.7 Å². The van der Waals surface area contributed by atoms with Crippen molar-refractivity contribution in [1.82, 2.24) is 18.7 Å². The van der Waals surface area contributed by atoms with E-state index in [1.165, 1.54) is 17.7 Å². The maximum atomic E-state index is 13.3. The Morgan fingerprint density at radius 2 is 1.69 bits per heavy atom. The maximum Gasteiger partial charge on any atom is 0.416 e. The van der Waals surface area contributed by atoms with Crippen LogP contribution < -0.4 is 16.0 Å². The molecular weight excluding hydrogens is 485 g/mol. The van der Waals surface area contributed by atoms with Gasteiger partial charge in [0.05, 0.1) is 12.7 Å². The van der Waals surface area contributed by atoms with Crippen molar-refractivity contribution in [3.05, 3.63) is 67.8 Å². The number of aromatic nitrogens is 4. The first-order valence-corrected chi connectivity index (χ1v) is 11.2. The van der Waals surface area contributed by atoms with Crippen LogP contribution in [0.5, 0.6) is 5.75 Å². The summed E-state index contributed by atoms with van der Waals surface area (Å²) in [6.07, 6.45) is -4.53. The van der Waals surface area contributed by atoms with Gasteiger partial charge in [0.1, 0.15) is 11.6 Å². The normalized spacial score (nSPS) is 11.9. The molecule has 0 amide bonds. The molecule has 0 aliphatic rings. The molecule has 0 aliphatic heterocycles. The lowest BCUT2D eigenvalue weighted by Crippen LogP contribution is -2.39. The Hall–Kier alpha value is -3.53. The van der Waals surface area contributed by atoms with Gasteiger partial charge in [-0.1, -0.05) is 17.7 Å². The smallest absolute Gasteiger partial charge is 0.416 e. The Bertz CT molecular complexity index is 1570. The number of methoxy groups -OCH3 is 1. The molecule has 0 bridgehead atoms. The number of fused-ring (bicyclic) bond motifs is 1. The van der Waals surface area contributed by atoms with E-state index in [4.69, 9.17) is 16.3 Å². The van der Waals surface area contributed by atoms with Crippen LogP contribution in [-0.2, 0) is 26.3 Å². The number of alkyl halides is 3. The Morgan fingerprint density at radius 1 is 1.00 bits per heavy atom. The third-order valence-electron chi connectivity index (χ3n) is 5.92. The topological polar surface area (TPSA) is 71.1 Å². The highest BCUT2D eigenvalue weighted by Gasteiger charge is 2.31. The van der Waals surface area contributed by atoms with Gasteiger partial charge in [0.2, 0.25) is 0 Å². The lowest BCUT2D eigenvalue weighted by molar-refractivity contribution is -0.137. The zero-order chi connectivity index (χ0) is 25.7. The zero-order valence-electron chi connectivity index (χ0n) is 19.4. The van der Waals surface area contributed by atoms with Gasteiger partial charge in [0.15, 0.2) is 11.2 Å². The summed E-state index contributed by atoms with van der Waals surface area (Å²) in [5.74, 6) is 0.669. The molecule has 35 heavy (non-hydrogen) atoms. The molecule has 2 aromatic heterocycles. The van der Waals surface area contributed by atoms with Crippen LogP contribution in [0.15, 0.2) is 46.0 Å². The molecule has 0 aliphatic carbocycles. The first-order valence-electron chi connectivity index (χ1n) is 10.8. The van der Waals surface area contributed by atoms with Crippen molar-refractivity contribution in [2.75, 3.05) is 7.11 Å². The molecule has 0 fully saturated rings. The van der Waals surface area contributed by atoms with E-state index in [9.17, 15) is 22.8 Å². The van der Waals surface area contributed by atoms with E-state index in [-0.39, 0.29) is 34.0 Å². The molecule has 4 aromatic rings. The summed E-state index contributed by atoms with van der Waals surface area (Å²) >= 11 is 6.23. The predicted octanol–water partition coefficient (Wildman–Crippen LogP) is 4.95. The van der Waals surface area contributed by atoms with Crippen LogP contribution in [-0.4, -0.2) is 25.8 Å². The summed E-state index contributed by atoms with van der Waals surface area (Å²) in [6.45, 7) is 4.04. The summed E-state index contributed by atoms with van der Waals surface area (Å²) in [5.41, 5.74) is -0.110. The maximum absolute atomic E-state index is 13.3. The zero-order valence-corrected chi connectivity index (χ0v) is 20.2. The van der Waals surface area contributed by atoms with E-state index in [0.717, 1.165) is 16.7 Å². The summed E-state index contributed by atoms with van der Waals surface area (Å²) in [4.78, 5) is 30.3. The van der Waals surface area contributed by atoms with Gasteiger partial charge in [-0.15, -0.1) is 0 Å². The third kappa shape index (κ3) is 4.01. The molecule has 7 nitrogen and oxygen atoms in total. The Balaban J connectivity index is 1.94. The molecule has 0 radical (unpaired) electrons. The summed E-state index contributed by atoms with van der Waals surface area (Å²) in [6, 6.07) is 7.94. The molecule has 0 N–H and O–H groups in total. The fraction of sp³-hybridized carbons (Fsp3) is 0.292. The predicted molar refractivity (Wildman–Crippen MR) is 128 cm³/mol. The standard InChI is InChI=1S/C24H22ClF3N4O3/c1-5-31-21-19(22(33)32(6-2)23(31)34)30(3)20(29-21)13-7-9-15(18(11-13)35-4)16-12-14(24(26,27)28)8-10-17(16)25/h7-12H,5-6H2,1-4H3. The fourth-order valence-electron chi connectivity index (χ4n) is 4.15. The van der Waals surface area contributed by atoms with Gasteiger partial charge >= 0.3 is 11.9 Å². The van der Waals surface area contributed by atoms with Gasteiger partial charge in [-0.05, 0) is 44.2 Å². The highest BCUT2D eigenvalue weighted by molar-refractivity contribution is 6.33. The van der Waals surface area contributed by atoms with Crippen LogP contribution in [0.2, 0.25) is 5.02 Å². The lowest BCUT2D eigenvalue weighted by atomic mass is 10.00. The summed E-state index contributed by atoms with van der Waals surface area (Å²) < 4.78 is 49.5. The highest BCUT2D eigenvalue weighted by atomic mass is 35.5. The van der Waals surface area contributed by atoms with Crippen LogP contribution in [0.25, 0.3) is 33.7 Å². The first kappa shape index (κ1) is 24.6. The number of rotatable bonds is 5.